The maximum atomic E-state index is 12.4. The summed E-state index contributed by atoms with van der Waals surface area (Å²) >= 11 is 0. The Hall–Kier alpha value is -2.11. The van der Waals surface area contributed by atoms with Gasteiger partial charge in [0.05, 0.1) is 18.3 Å². The van der Waals surface area contributed by atoms with E-state index in [4.69, 9.17) is 0 Å². The number of hydrogen-bond donors (Lipinski definition) is 0. The number of benzene rings is 1. The lowest BCUT2D eigenvalue weighted by molar-refractivity contribution is -0.137. The van der Waals surface area contributed by atoms with Crippen LogP contribution in [-0.4, -0.2) is 15.0 Å². The van der Waals surface area contributed by atoms with Crippen molar-refractivity contribution < 1.29 is 13.2 Å². The zero-order chi connectivity index (χ0) is 13.2. The van der Waals surface area contributed by atoms with E-state index in [-0.39, 0.29) is 0 Å². The van der Waals surface area contributed by atoms with Crippen molar-refractivity contribution in [3.63, 3.8) is 0 Å². The van der Waals surface area contributed by atoms with Gasteiger partial charge >= 0.3 is 6.18 Å². The van der Waals surface area contributed by atoms with Crippen molar-refractivity contribution in [3.05, 3.63) is 48.7 Å². The number of alkyl halides is 3. The molecule has 0 radical (unpaired) electrons. The molecule has 0 unspecified atom stereocenters. The number of nitrogens with zero attached hydrogens (tertiary/aromatic N) is 3. The summed E-state index contributed by atoms with van der Waals surface area (Å²) in [5.74, 6) is 0. The van der Waals surface area contributed by atoms with Gasteiger partial charge in [-0.1, -0.05) is 23.4 Å². The lowest BCUT2D eigenvalue weighted by Crippen LogP contribution is -2.03. The summed E-state index contributed by atoms with van der Waals surface area (Å²) in [6.07, 6.45) is -1.01. The normalized spacial score (nSPS) is 11.5. The molecule has 94 valence electrons. The first-order valence-electron chi connectivity index (χ1n) is 5.19. The molecule has 6 heteroatoms. The first kappa shape index (κ1) is 12.3. The van der Waals surface area contributed by atoms with Crippen molar-refractivity contribution in [1.82, 2.24) is 15.0 Å². The van der Waals surface area contributed by atoms with E-state index in [1.807, 2.05) is 0 Å². The van der Waals surface area contributed by atoms with Crippen molar-refractivity contribution >= 4 is 0 Å². The molecule has 0 aliphatic carbocycles. The smallest absolute Gasteiger partial charge is 0.248 e. The average Bonchev–Trinajstić information content (AvgIpc) is 2.77. The minimum atomic E-state index is -4.32. The fourth-order valence-electron chi connectivity index (χ4n) is 1.48. The van der Waals surface area contributed by atoms with E-state index in [1.54, 1.807) is 17.0 Å². The van der Waals surface area contributed by atoms with Gasteiger partial charge in [-0.15, -0.1) is 11.7 Å². The molecule has 0 aliphatic rings. The second-order valence-corrected chi connectivity index (χ2v) is 3.69. The highest BCUT2D eigenvalue weighted by Crippen LogP contribution is 2.30. The molecule has 0 bridgehead atoms. The molecule has 0 spiro atoms. The van der Waals surface area contributed by atoms with Crippen LogP contribution in [0.1, 0.15) is 5.56 Å². The van der Waals surface area contributed by atoms with Gasteiger partial charge in [-0.05, 0) is 12.1 Å². The molecular weight excluding hydrogens is 243 g/mol. The molecule has 0 atom stereocenters. The fraction of sp³-hybridized carbons (Fsp3) is 0.167. The highest BCUT2D eigenvalue weighted by molar-refractivity contribution is 5.58. The number of aromatic nitrogens is 3. The largest absolute Gasteiger partial charge is 0.416 e. The number of halogens is 3. The summed E-state index contributed by atoms with van der Waals surface area (Å²) in [7, 11) is 0. The number of allylic oxidation sites excluding steroid dienone is 1. The van der Waals surface area contributed by atoms with Gasteiger partial charge < -0.3 is 0 Å². The maximum Gasteiger partial charge on any atom is 0.416 e. The Morgan fingerprint density at radius 3 is 2.44 bits per heavy atom. The molecule has 18 heavy (non-hydrogen) atoms. The first-order valence-corrected chi connectivity index (χ1v) is 5.19. The minimum absolute atomic E-state index is 0.508. The van der Waals surface area contributed by atoms with Crippen LogP contribution in [0, 0.1) is 0 Å². The van der Waals surface area contributed by atoms with Crippen molar-refractivity contribution in [1.29, 1.82) is 0 Å². The van der Waals surface area contributed by atoms with E-state index >= 15 is 0 Å². The minimum Gasteiger partial charge on any atom is -0.248 e. The van der Waals surface area contributed by atoms with E-state index < -0.39 is 11.7 Å². The fourth-order valence-corrected chi connectivity index (χ4v) is 1.48. The molecular formula is C12H10F3N3. The monoisotopic (exact) mass is 253 g/mol. The van der Waals surface area contributed by atoms with E-state index in [9.17, 15) is 13.2 Å². The van der Waals surface area contributed by atoms with Crippen LogP contribution in [-0.2, 0) is 12.7 Å². The van der Waals surface area contributed by atoms with E-state index in [0.29, 0.717) is 17.8 Å². The second kappa shape index (κ2) is 4.64. The highest BCUT2D eigenvalue weighted by Gasteiger charge is 2.30. The number of hydrogen-bond acceptors (Lipinski definition) is 2. The molecule has 0 aliphatic heterocycles. The predicted octanol–water partition coefficient (Wildman–Crippen LogP) is 3.15. The Labute approximate surface area is 102 Å². The standard InChI is InChI=1S/C12H10F3N3/c1-2-7-18-8-11(16-17-18)9-3-5-10(6-4-9)12(13,14)15/h2-6,8H,1,7H2. The molecule has 3 nitrogen and oxygen atoms in total. The maximum absolute atomic E-state index is 12.4. The molecule has 2 aromatic rings. The highest BCUT2D eigenvalue weighted by atomic mass is 19.4. The van der Waals surface area contributed by atoms with Gasteiger partial charge in [0.1, 0.15) is 5.69 Å². The van der Waals surface area contributed by atoms with Crippen molar-refractivity contribution in [3.8, 4) is 11.3 Å². The van der Waals surface area contributed by atoms with E-state index in [0.717, 1.165) is 12.1 Å². The summed E-state index contributed by atoms with van der Waals surface area (Å²) in [4.78, 5) is 0. The van der Waals surface area contributed by atoms with Crippen molar-refractivity contribution in [2.45, 2.75) is 12.7 Å². The van der Waals surface area contributed by atoms with Crippen LogP contribution >= 0.6 is 0 Å². The topological polar surface area (TPSA) is 30.7 Å². The van der Waals surface area contributed by atoms with Crippen LogP contribution in [0.25, 0.3) is 11.3 Å². The zero-order valence-corrected chi connectivity index (χ0v) is 9.35. The van der Waals surface area contributed by atoms with Crippen molar-refractivity contribution in [2.75, 3.05) is 0 Å². The summed E-state index contributed by atoms with van der Waals surface area (Å²) in [5.41, 5.74) is 0.452. The lowest BCUT2D eigenvalue weighted by atomic mass is 10.1. The number of rotatable bonds is 3. The lowest BCUT2D eigenvalue weighted by Gasteiger charge is -2.06. The van der Waals surface area contributed by atoms with Crippen LogP contribution in [0.15, 0.2) is 43.1 Å². The molecule has 2 rings (SSSR count). The Balaban J connectivity index is 2.25. The van der Waals surface area contributed by atoms with Gasteiger partial charge in [0.2, 0.25) is 0 Å². The molecule has 1 heterocycles. The Kier molecular flexibility index (Phi) is 3.18. The second-order valence-electron chi connectivity index (χ2n) is 3.69. The van der Waals surface area contributed by atoms with Crippen LogP contribution in [0.4, 0.5) is 13.2 Å². The van der Waals surface area contributed by atoms with Gasteiger partial charge in [-0.25, -0.2) is 4.68 Å². The molecule has 0 N–H and O–H groups in total. The molecule has 0 amide bonds. The molecule has 0 fully saturated rings. The van der Waals surface area contributed by atoms with Gasteiger partial charge in [-0.3, -0.25) is 0 Å². The molecule has 1 aromatic carbocycles. The van der Waals surface area contributed by atoms with Crippen LogP contribution < -0.4 is 0 Å². The summed E-state index contributed by atoms with van der Waals surface area (Å²) in [6.45, 7) is 4.07. The average molecular weight is 253 g/mol. The van der Waals surface area contributed by atoms with Gasteiger partial charge in [0, 0.05) is 5.56 Å². The van der Waals surface area contributed by atoms with Crippen molar-refractivity contribution in [2.24, 2.45) is 0 Å². The quantitative estimate of drug-likeness (QED) is 0.787. The van der Waals surface area contributed by atoms with Crippen LogP contribution in [0.2, 0.25) is 0 Å². The predicted molar refractivity (Wildman–Crippen MR) is 60.7 cm³/mol. The van der Waals surface area contributed by atoms with Gasteiger partial charge in [0.25, 0.3) is 0 Å². The molecule has 0 saturated carbocycles. The zero-order valence-electron chi connectivity index (χ0n) is 9.35. The first-order chi connectivity index (χ1) is 8.50. The van der Waals surface area contributed by atoms with E-state index in [1.165, 1.54) is 12.1 Å². The summed E-state index contributed by atoms with van der Waals surface area (Å²) < 4.78 is 38.7. The Bertz CT molecular complexity index is 540. The third kappa shape index (κ3) is 2.58. The van der Waals surface area contributed by atoms with E-state index in [2.05, 4.69) is 16.9 Å². The molecule has 0 saturated heterocycles. The summed E-state index contributed by atoms with van der Waals surface area (Å²) in [6, 6.07) is 4.82. The third-order valence-corrected chi connectivity index (χ3v) is 2.36. The Morgan fingerprint density at radius 2 is 1.89 bits per heavy atom. The van der Waals surface area contributed by atoms with Gasteiger partial charge in [0.15, 0.2) is 0 Å². The third-order valence-electron chi connectivity index (χ3n) is 2.36. The SMILES string of the molecule is C=CCn1cc(-c2ccc(C(F)(F)F)cc2)nn1. The van der Waals surface area contributed by atoms with Crippen LogP contribution in [0.3, 0.4) is 0 Å². The Morgan fingerprint density at radius 1 is 1.22 bits per heavy atom. The molecule has 1 aromatic heterocycles. The van der Waals surface area contributed by atoms with Gasteiger partial charge in [-0.2, -0.15) is 13.2 Å². The van der Waals surface area contributed by atoms with Crippen LogP contribution in [0.5, 0.6) is 0 Å². The summed E-state index contributed by atoms with van der Waals surface area (Å²) in [5, 5.41) is 7.71.